The van der Waals surface area contributed by atoms with Gasteiger partial charge in [0.25, 0.3) is 0 Å². The minimum Gasteiger partial charge on any atom is -0.481 e. The molecule has 1 fully saturated rings. The highest BCUT2D eigenvalue weighted by Gasteiger charge is 2.34. The number of likely N-dealkylation sites (tertiary alicyclic amines) is 1. The van der Waals surface area contributed by atoms with E-state index >= 15 is 0 Å². The fraction of sp³-hybridized carbons (Fsp3) is 0.467. The number of amides is 1. The highest BCUT2D eigenvalue weighted by molar-refractivity contribution is 5.73. The maximum Gasteiger partial charge on any atom is 0.410 e. The summed E-state index contributed by atoms with van der Waals surface area (Å²) in [6, 6.07) is 9.42. The maximum atomic E-state index is 12.0. The second-order valence-corrected chi connectivity index (χ2v) is 5.20. The number of aliphatic carboxylic acids is 1. The molecule has 1 aromatic rings. The minimum atomic E-state index is -0.849. The Morgan fingerprint density at radius 3 is 2.70 bits per heavy atom. The number of carbonyl (C=O) groups excluding carboxylic acids is 1. The standard InChI is InChI=1S/C15H19NO4/c1-11-7-8-16(9-13(11)14(17)18)15(19)20-10-12-5-3-2-4-6-12/h2-6,11,13H,7-10H2,1H3,(H,17,18)/t11-,13+/m0/s1. The number of ether oxygens (including phenoxy) is 1. The van der Waals surface area contributed by atoms with Crippen LogP contribution in [0.15, 0.2) is 30.3 Å². The van der Waals surface area contributed by atoms with Gasteiger partial charge in [-0.1, -0.05) is 37.3 Å². The largest absolute Gasteiger partial charge is 0.481 e. The molecule has 0 spiro atoms. The molecule has 1 N–H and O–H groups in total. The van der Waals surface area contributed by atoms with Gasteiger partial charge < -0.3 is 14.7 Å². The first-order valence-electron chi connectivity index (χ1n) is 6.76. The van der Waals surface area contributed by atoms with E-state index in [9.17, 15) is 9.59 Å². The number of carboxylic acid groups (broad SMARTS) is 1. The summed E-state index contributed by atoms with van der Waals surface area (Å²) >= 11 is 0. The van der Waals surface area contributed by atoms with E-state index in [-0.39, 0.29) is 19.1 Å². The van der Waals surface area contributed by atoms with Crippen LogP contribution in [0.4, 0.5) is 4.79 Å². The molecule has 5 nitrogen and oxygen atoms in total. The summed E-state index contributed by atoms with van der Waals surface area (Å²) in [5.41, 5.74) is 0.918. The number of rotatable bonds is 3. The Morgan fingerprint density at radius 2 is 2.05 bits per heavy atom. The average molecular weight is 277 g/mol. The molecule has 5 heteroatoms. The molecule has 1 aromatic carbocycles. The molecule has 1 amide bonds. The molecule has 108 valence electrons. The Labute approximate surface area is 118 Å². The van der Waals surface area contributed by atoms with Crippen molar-refractivity contribution in [3.63, 3.8) is 0 Å². The van der Waals surface area contributed by atoms with Gasteiger partial charge in [-0.15, -0.1) is 0 Å². The highest BCUT2D eigenvalue weighted by atomic mass is 16.6. The molecule has 1 aliphatic heterocycles. The second kappa shape index (κ2) is 6.41. The Bertz CT molecular complexity index is 474. The fourth-order valence-corrected chi connectivity index (χ4v) is 2.37. The Hall–Kier alpha value is -2.04. The van der Waals surface area contributed by atoms with E-state index in [1.165, 1.54) is 4.90 Å². The number of piperidine rings is 1. The first-order valence-corrected chi connectivity index (χ1v) is 6.76. The molecule has 0 aliphatic carbocycles. The van der Waals surface area contributed by atoms with Gasteiger partial charge in [0.15, 0.2) is 0 Å². The van der Waals surface area contributed by atoms with Crippen molar-refractivity contribution in [2.24, 2.45) is 11.8 Å². The van der Waals surface area contributed by atoms with E-state index in [1.54, 1.807) is 0 Å². The normalized spacial score (nSPS) is 22.4. The molecule has 2 rings (SSSR count). The van der Waals surface area contributed by atoms with Gasteiger partial charge in [-0.3, -0.25) is 4.79 Å². The van der Waals surface area contributed by atoms with Crippen molar-refractivity contribution in [2.75, 3.05) is 13.1 Å². The first kappa shape index (κ1) is 14.4. The number of hydrogen-bond acceptors (Lipinski definition) is 3. The number of carboxylic acids is 1. The number of nitrogens with zero attached hydrogens (tertiary/aromatic N) is 1. The summed E-state index contributed by atoms with van der Waals surface area (Å²) in [6.45, 7) is 2.90. The Balaban J connectivity index is 1.88. The van der Waals surface area contributed by atoms with Gasteiger partial charge in [-0.05, 0) is 17.9 Å². The van der Waals surface area contributed by atoms with Crippen molar-refractivity contribution in [3.05, 3.63) is 35.9 Å². The van der Waals surface area contributed by atoms with Gasteiger partial charge in [0.1, 0.15) is 6.61 Å². The number of benzene rings is 1. The van der Waals surface area contributed by atoms with Gasteiger partial charge in [-0.25, -0.2) is 4.79 Å². The van der Waals surface area contributed by atoms with Crippen molar-refractivity contribution >= 4 is 12.1 Å². The highest BCUT2D eigenvalue weighted by Crippen LogP contribution is 2.24. The average Bonchev–Trinajstić information content (AvgIpc) is 2.46. The molecular weight excluding hydrogens is 258 g/mol. The molecule has 2 atom stereocenters. The van der Waals surface area contributed by atoms with Gasteiger partial charge in [0.05, 0.1) is 5.92 Å². The summed E-state index contributed by atoms with van der Waals surface area (Å²) in [6.07, 6.45) is 0.254. The van der Waals surface area contributed by atoms with E-state index in [1.807, 2.05) is 37.3 Å². The third-order valence-corrected chi connectivity index (χ3v) is 3.74. The van der Waals surface area contributed by atoms with E-state index < -0.39 is 18.0 Å². The summed E-state index contributed by atoms with van der Waals surface area (Å²) in [7, 11) is 0. The predicted molar refractivity (Wildman–Crippen MR) is 73.1 cm³/mol. The Kier molecular flexibility index (Phi) is 4.61. The molecule has 1 heterocycles. The van der Waals surface area contributed by atoms with Crippen molar-refractivity contribution in [3.8, 4) is 0 Å². The second-order valence-electron chi connectivity index (χ2n) is 5.20. The quantitative estimate of drug-likeness (QED) is 0.921. The number of carbonyl (C=O) groups is 2. The van der Waals surface area contributed by atoms with Gasteiger partial charge in [0.2, 0.25) is 0 Å². The van der Waals surface area contributed by atoms with Crippen LogP contribution in [0.1, 0.15) is 18.9 Å². The lowest BCUT2D eigenvalue weighted by Gasteiger charge is -2.34. The van der Waals surface area contributed by atoms with Crippen LogP contribution in [0, 0.1) is 11.8 Å². The van der Waals surface area contributed by atoms with Crippen LogP contribution in [0.3, 0.4) is 0 Å². The van der Waals surface area contributed by atoms with E-state index in [0.717, 1.165) is 5.56 Å². The van der Waals surface area contributed by atoms with Crippen LogP contribution < -0.4 is 0 Å². The molecule has 1 saturated heterocycles. The molecule has 0 radical (unpaired) electrons. The molecule has 1 aliphatic rings. The molecule has 0 saturated carbocycles. The lowest BCUT2D eigenvalue weighted by Crippen LogP contribution is -2.45. The lowest BCUT2D eigenvalue weighted by molar-refractivity contribution is -0.145. The third kappa shape index (κ3) is 3.50. The van der Waals surface area contributed by atoms with Gasteiger partial charge in [0, 0.05) is 13.1 Å². The van der Waals surface area contributed by atoms with Gasteiger partial charge >= 0.3 is 12.1 Å². The van der Waals surface area contributed by atoms with E-state index in [0.29, 0.717) is 13.0 Å². The third-order valence-electron chi connectivity index (χ3n) is 3.74. The zero-order valence-corrected chi connectivity index (χ0v) is 11.5. The fourth-order valence-electron chi connectivity index (χ4n) is 2.37. The van der Waals surface area contributed by atoms with Crippen LogP contribution >= 0.6 is 0 Å². The van der Waals surface area contributed by atoms with Crippen LogP contribution in [0.5, 0.6) is 0 Å². The van der Waals surface area contributed by atoms with Gasteiger partial charge in [-0.2, -0.15) is 0 Å². The summed E-state index contributed by atoms with van der Waals surface area (Å²) in [5.74, 6) is -1.27. The van der Waals surface area contributed by atoms with Crippen molar-refractivity contribution < 1.29 is 19.4 Å². The SMILES string of the molecule is C[C@H]1CCN(C(=O)OCc2ccccc2)C[C@H]1C(=O)O. The molecular formula is C15H19NO4. The van der Waals surface area contributed by atoms with Crippen LogP contribution in [-0.4, -0.2) is 35.2 Å². The molecule has 0 bridgehead atoms. The topological polar surface area (TPSA) is 66.8 Å². The zero-order valence-electron chi connectivity index (χ0n) is 11.5. The van der Waals surface area contributed by atoms with Crippen LogP contribution in [0.25, 0.3) is 0 Å². The van der Waals surface area contributed by atoms with Crippen molar-refractivity contribution in [1.29, 1.82) is 0 Å². The number of hydrogen-bond donors (Lipinski definition) is 1. The maximum absolute atomic E-state index is 12.0. The monoisotopic (exact) mass is 277 g/mol. The van der Waals surface area contributed by atoms with Crippen molar-refractivity contribution in [2.45, 2.75) is 20.0 Å². The minimum absolute atomic E-state index is 0.0886. The van der Waals surface area contributed by atoms with Crippen molar-refractivity contribution in [1.82, 2.24) is 4.90 Å². The van der Waals surface area contributed by atoms with Crippen LogP contribution in [0.2, 0.25) is 0 Å². The zero-order chi connectivity index (χ0) is 14.5. The summed E-state index contributed by atoms with van der Waals surface area (Å²) in [4.78, 5) is 24.6. The Morgan fingerprint density at radius 1 is 1.35 bits per heavy atom. The van der Waals surface area contributed by atoms with E-state index in [4.69, 9.17) is 9.84 Å². The summed E-state index contributed by atoms with van der Waals surface area (Å²) in [5, 5.41) is 9.14. The van der Waals surface area contributed by atoms with E-state index in [2.05, 4.69) is 0 Å². The molecule has 0 aromatic heterocycles. The molecule has 20 heavy (non-hydrogen) atoms. The lowest BCUT2D eigenvalue weighted by atomic mass is 9.87. The predicted octanol–water partition coefficient (Wildman–Crippen LogP) is 2.37. The summed E-state index contributed by atoms with van der Waals surface area (Å²) < 4.78 is 5.22. The van der Waals surface area contributed by atoms with Crippen LogP contribution in [-0.2, 0) is 16.1 Å². The smallest absolute Gasteiger partial charge is 0.410 e. The molecule has 0 unspecified atom stereocenters. The first-order chi connectivity index (χ1) is 9.58.